The predicted octanol–water partition coefficient (Wildman–Crippen LogP) is 5.53. The lowest BCUT2D eigenvalue weighted by Crippen LogP contribution is -2.29. The minimum Gasteiger partial charge on any atom is -0.490 e. The van der Waals surface area contributed by atoms with Crippen molar-refractivity contribution in [2.75, 3.05) is 19.8 Å². The van der Waals surface area contributed by atoms with Crippen LogP contribution in [0.1, 0.15) is 78.2 Å². The minimum absolute atomic E-state index is 0.131. The van der Waals surface area contributed by atoms with Crippen LogP contribution in [-0.4, -0.2) is 25.7 Å². The lowest BCUT2D eigenvalue weighted by atomic mass is 9.99. The Morgan fingerprint density at radius 1 is 1.04 bits per heavy atom. The minimum atomic E-state index is 0.131. The van der Waals surface area contributed by atoms with Gasteiger partial charge < -0.3 is 14.8 Å². The number of hydrogen-bond acceptors (Lipinski definition) is 3. The molecule has 1 aromatic rings. The van der Waals surface area contributed by atoms with Crippen LogP contribution in [0.2, 0.25) is 0 Å². The third kappa shape index (κ3) is 9.69. The Morgan fingerprint density at radius 2 is 1.81 bits per heavy atom. The summed E-state index contributed by atoms with van der Waals surface area (Å²) < 4.78 is 11.5. The molecule has 1 unspecified atom stereocenters. The highest BCUT2D eigenvalue weighted by molar-refractivity contribution is 5.76. The summed E-state index contributed by atoms with van der Waals surface area (Å²) in [7, 11) is 0. The van der Waals surface area contributed by atoms with Gasteiger partial charge in [-0.1, -0.05) is 52.5 Å². The molecule has 27 heavy (non-hydrogen) atoms. The van der Waals surface area contributed by atoms with Crippen molar-refractivity contribution >= 4 is 5.91 Å². The molecule has 1 aromatic carbocycles. The summed E-state index contributed by atoms with van der Waals surface area (Å²) in [5, 5.41) is 3.10. The molecular formula is C23H39NO3. The van der Waals surface area contributed by atoms with E-state index in [9.17, 15) is 4.79 Å². The number of carbonyl (C=O) groups is 1. The zero-order valence-electron chi connectivity index (χ0n) is 17.8. The van der Waals surface area contributed by atoms with Crippen LogP contribution in [0, 0.1) is 5.92 Å². The van der Waals surface area contributed by atoms with Crippen LogP contribution in [0.5, 0.6) is 11.5 Å². The quantitative estimate of drug-likeness (QED) is 0.409. The number of benzene rings is 1. The molecule has 1 N–H and O–H groups in total. The molecule has 1 atom stereocenters. The van der Waals surface area contributed by atoms with Gasteiger partial charge in [0.05, 0.1) is 13.2 Å². The summed E-state index contributed by atoms with van der Waals surface area (Å²) in [6.45, 7) is 10.6. The molecule has 4 nitrogen and oxygen atoms in total. The van der Waals surface area contributed by atoms with Crippen molar-refractivity contribution in [3.8, 4) is 11.5 Å². The van der Waals surface area contributed by atoms with E-state index >= 15 is 0 Å². The molecule has 0 aliphatic rings. The molecule has 1 rings (SSSR count). The number of carbonyl (C=O) groups excluding carboxylic acids is 1. The zero-order valence-corrected chi connectivity index (χ0v) is 17.8. The first-order valence-electron chi connectivity index (χ1n) is 10.8. The number of unbranched alkanes of at least 4 members (excludes halogenated alkanes) is 2. The van der Waals surface area contributed by atoms with E-state index in [-0.39, 0.29) is 5.91 Å². The first-order valence-corrected chi connectivity index (χ1v) is 10.8. The Balaban J connectivity index is 2.50. The first-order chi connectivity index (χ1) is 13.1. The van der Waals surface area contributed by atoms with Crippen molar-refractivity contribution in [3.05, 3.63) is 23.8 Å². The molecule has 0 radical (unpaired) electrons. The highest BCUT2D eigenvalue weighted by Gasteiger charge is 2.10. The van der Waals surface area contributed by atoms with Crippen LogP contribution in [0.25, 0.3) is 0 Å². The number of amides is 1. The van der Waals surface area contributed by atoms with E-state index in [0.29, 0.717) is 32.0 Å². The van der Waals surface area contributed by atoms with Gasteiger partial charge >= 0.3 is 0 Å². The number of aryl methyl sites for hydroxylation is 1. The Morgan fingerprint density at radius 3 is 2.48 bits per heavy atom. The van der Waals surface area contributed by atoms with Gasteiger partial charge in [0.25, 0.3) is 0 Å². The van der Waals surface area contributed by atoms with Crippen molar-refractivity contribution in [3.63, 3.8) is 0 Å². The molecule has 154 valence electrons. The van der Waals surface area contributed by atoms with Gasteiger partial charge in [0.15, 0.2) is 11.5 Å². The van der Waals surface area contributed by atoms with Crippen molar-refractivity contribution in [1.29, 1.82) is 0 Å². The van der Waals surface area contributed by atoms with Crippen LogP contribution >= 0.6 is 0 Å². The second-order valence-electron chi connectivity index (χ2n) is 7.14. The highest BCUT2D eigenvalue weighted by Crippen LogP contribution is 2.29. The molecule has 0 fully saturated rings. The van der Waals surface area contributed by atoms with Crippen molar-refractivity contribution < 1.29 is 14.3 Å². The Bertz CT molecular complexity index is 530. The van der Waals surface area contributed by atoms with Gasteiger partial charge in [-0.2, -0.15) is 0 Å². The van der Waals surface area contributed by atoms with Crippen LogP contribution in [0.4, 0.5) is 0 Å². The fraction of sp³-hybridized carbons (Fsp3) is 0.696. The van der Waals surface area contributed by atoms with Gasteiger partial charge in [-0.15, -0.1) is 0 Å². The number of ether oxygens (including phenoxy) is 2. The molecule has 0 bridgehead atoms. The van der Waals surface area contributed by atoms with E-state index in [1.54, 1.807) is 0 Å². The van der Waals surface area contributed by atoms with E-state index in [1.807, 2.05) is 25.1 Å². The zero-order chi connectivity index (χ0) is 19.9. The summed E-state index contributed by atoms with van der Waals surface area (Å²) in [6, 6.07) is 6.01. The summed E-state index contributed by atoms with van der Waals surface area (Å²) in [5.74, 6) is 2.29. The maximum absolute atomic E-state index is 12.2. The SMILES string of the molecule is CCCCOc1ccc(CCC(=O)NCC(CC)CCCC)cc1OCC. The molecule has 0 aromatic heterocycles. The smallest absolute Gasteiger partial charge is 0.220 e. The molecule has 0 aliphatic carbocycles. The number of rotatable bonds is 15. The molecule has 0 saturated carbocycles. The lowest BCUT2D eigenvalue weighted by molar-refractivity contribution is -0.121. The van der Waals surface area contributed by atoms with Crippen LogP contribution in [-0.2, 0) is 11.2 Å². The highest BCUT2D eigenvalue weighted by atomic mass is 16.5. The maximum Gasteiger partial charge on any atom is 0.220 e. The van der Waals surface area contributed by atoms with Gasteiger partial charge in [-0.3, -0.25) is 4.79 Å². The van der Waals surface area contributed by atoms with E-state index in [0.717, 1.165) is 42.9 Å². The first kappa shape index (κ1) is 23.3. The Kier molecular flexibility index (Phi) is 12.4. The fourth-order valence-electron chi connectivity index (χ4n) is 2.97. The average molecular weight is 378 g/mol. The Labute approximate surface area is 166 Å². The number of nitrogens with one attached hydrogen (secondary N) is 1. The Hall–Kier alpha value is -1.71. The lowest BCUT2D eigenvalue weighted by Gasteiger charge is -2.15. The van der Waals surface area contributed by atoms with Crippen LogP contribution < -0.4 is 14.8 Å². The van der Waals surface area contributed by atoms with Crippen LogP contribution in [0.3, 0.4) is 0 Å². The molecule has 0 saturated heterocycles. The number of hydrogen-bond donors (Lipinski definition) is 1. The van der Waals surface area contributed by atoms with Crippen molar-refractivity contribution in [1.82, 2.24) is 5.32 Å². The molecular weight excluding hydrogens is 338 g/mol. The summed E-state index contributed by atoms with van der Waals surface area (Å²) in [5.41, 5.74) is 1.11. The topological polar surface area (TPSA) is 47.6 Å². The van der Waals surface area contributed by atoms with Crippen molar-refractivity contribution in [2.45, 2.75) is 79.1 Å². The maximum atomic E-state index is 12.2. The average Bonchev–Trinajstić information content (AvgIpc) is 2.68. The third-order valence-electron chi connectivity index (χ3n) is 4.84. The predicted molar refractivity (Wildman–Crippen MR) is 113 cm³/mol. The summed E-state index contributed by atoms with van der Waals surface area (Å²) in [6.07, 6.45) is 8.13. The van der Waals surface area contributed by atoms with E-state index in [2.05, 4.69) is 26.1 Å². The normalized spacial score (nSPS) is 11.9. The second-order valence-corrected chi connectivity index (χ2v) is 7.14. The van der Waals surface area contributed by atoms with E-state index < -0.39 is 0 Å². The van der Waals surface area contributed by atoms with Gasteiger partial charge in [0.2, 0.25) is 5.91 Å². The molecule has 4 heteroatoms. The molecule has 1 amide bonds. The van der Waals surface area contributed by atoms with E-state index in [4.69, 9.17) is 9.47 Å². The fourth-order valence-corrected chi connectivity index (χ4v) is 2.97. The summed E-state index contributed by atoms with van der Waals surface area (Å²) >= 11 is 0. The van der Waals surface area contributed by atoms with Crippen LogP contribution in [0.15, 0.2) is 18.2 Å². The molecule has 0 spiro atoms. The van der Waals surface area contributed by atoms with Gasteiger partial charge in [0.1, 0.15) is 0 Å². The molecule has 0 heterocycles. The third-order valence-corrected chi connectivity index (χ3v) is 4.84. The van der Waals surface area contributed by atoms with E-state index in [1.165, 1.54) is 19.3 Å². The second kappa shape index (κ2) is 14.4. The standard InChI is InChI=1S/C23H39NO3/c1-5-9-11-19(7-3)18-24-23(25)15-13-20-12-14-21(27-16-10-6-2)22(17-20)26-8-4/h12,14,17,19H,5-11,13,15-16,18H2,1-4H3,(H,24,25). The van der Waals surface area contributed by atoms with Gasteiger partial charge in [-0.05, 0) is 49.8 Å². The summed E-state index contributed by atoms with van der Waals surface area (Å²) in [4.78, 5) is 12.2. The largest absolute Gasteiger partial charge is 0.490 e. The van der Waals surface area contributed by atoms with Crippen molar-refractivity contribution in [2.24, 2.45) is 5.92 Å². The molecule has 0 aliphatic heterocycles. The van der Waals surface area contributed by atoms with Gasteiger partial charge in [-0.25, -0.2) is 0 Å². The van der Waals surface area contributed by atoms with Gasteiger partial charge in [0, 0.05) is 13.0 Å². The monoisotopic (exact) mass is 377 g/mol.